The highest BCUT2D eigenvalue weighted by Gasteiger charge is 2.12. The second-order valence-corrected chi connectivity index (χ2v) is 6.42. The Kier molecular flexibility index (Phi) is 9.26. The standard InChI is InChI=1S/C24H28N2O4/c1-4-7-14-30-22-13-8-18(16-23(22)29-6-3)15-19(17-25)24(27)26-20-9-11-21(12-10-20)28-5-2/h8-13,15-16H,4-7,14H2,1-3H3,(H,26,27)/b19-15+. The van der Waals surface area contributed by atoms with E-state index in [1.165, 1.54) is 6.08 Å². The lowest BCUT2D eigenvalue weighted by Gasteiger charge is -2.12. The average molecular weight is 408 g/mol. The number of amides is 1. The van der Waals surface area contributed by atoms with E-state index < -0.39 is 5.91 Å². The van der Waals surface area contributed by atoms with Crippen molar-refractivity contribution in [2.24, 2.45) is 0 Å². The third-order valence-electron chi connectivity index (χ3n) is 4.12. The fraction of sp³-hybridized carbons (Fsp3) is 0.333. The van der Waals surface area contributed by atoms with Crippen LogP contribution in [0.4, 0.5) is 5.69 Å². The topological polar surface area (TPSA) is 80.6 Å². The second-order valence-electron chi connectivity index (χ2n) is 6.42. The van der Waals surface area contributed by atoms with E-state index >= 15 is 0 Å². The fourth-order valence-corrected chi connectivity index (χ4v) is 2.64. The molecule has 0 aliphatic rings. The molecule has 2 aromatic rings. The molecule has 1 amide bonds. The predicted molar refractivity (Wildman–Crippen MR) is 118 cm³/mol. The van der Waals surface area contributed by atoms with Gasteiger partial charge in [0.05, 0.1) is 19.8 Å². The molecule has 0 aliphatic heterocycles. The van der Waals surface area contributed by atoms with Crippen molar-refractivity contribution in [3.05, 3.63) is 53.6 Å². The molecule has 0 aromatic heterocycles. The Labute approximate surface area is 178 Å². The number of hydrogen-bond donors (Lipinski definition) is 1. The van der Waals surface area contributed by atoms with Crippen molar-refractivity contribution in [2.75, 3.05) is 25.1 Å². The van der Waals surface area contributed by atoms with Gasteiger partial charge in [0.1, 0.15) is 17.4 Å². The molecular weight excluding hydrogens is 380 g/mol. The maximum Gasteiger partial charge on any atom is 0.266 e. The van der Waals surface area contributed by atoms with Crippen LogP contribution in [0.3, 0.4) is 0 Å². The molecule has 0 spiro atoms. The summed E-state index contributed by atoms with van der Waals surface area (Å²) in [5.41, 5.74) is 1.25. The van der Waals surface area contributed by atoms with Gasteiger partial charge in [0.25, 0.3) is 5.91 Å². The molecule has 0 saturated heterocycles. The number of ether oxygens (including phenoxy) is 3. The Morgan fingerprint density at radius 2 is 1.73 bits per heavy atom. The summed E-state index contributed by atoms with van der Waals surface area (Å²) < 4.78 is 16.8. The van der Waals surface area contributed by atoms with Crippen molar-refractivity contribution in [3.8, 4) is 23.3 Å². The van der Waals surface area contributed by atoms with E-state index in [1.807, 2.05) is 19.9 Å². The number of carbonyl (C=O) groups is 1. The van der Waals surface area contributed by atoms with E-state index in [4.69, 9.17) is 14.2 Å². The summed E-state index contributed by atoms with van der Waals surface area (Å²) >= 11 is 0. The molecular formula is C24H28N2O4. The molecule has 0 heterocycles. The molecule has 0 saturated carbocycles. The van der Waals surface area contributed by atoms with Gasteiger partial charge in [0.15, 0.2) is 11.5 Å². The molecule has 0 atom stereocenters. The fourth-order valence-electron chi connectivity index (χ4n) is 2.64. The number of nitrogens with one attached hydrogen (secondary N) is 1. The van der Waals surface area contributed by atoms with Crippen LogP contribution in [0.15, 0.2) is 48.0 Å². The largest absolute Gasteiger partial charge is 0.494 e. The Balaban J connectivity index is 2.16. The summed E-state index contributed by atoms with van der Waals surface area (Å²) in [6.07, 6.45) is 3.53. The first kappa shape index (κ1) is 22.8. The number of carbonyl (C=O) groups excluding carboxylic acids is 1. The normalized spacial score (nSPS) is 10.8. The van der Waals surface area contributed by atoms with E-state index in [0.717, 1.165) is 18.6 Å². The Morgan fingerprint density at radius 1 is 1.00 bits per heavy atom. The molecule has 0 unspecified atom stereocenters. The number of benzene rings is 2. The molecule has 1 N–H and O–H groups in total. The van der Waals surface area contributed by atoms with E-state index in [2.05, 4.69) is 12.2 Å². The lowest BCUT2D eigenvalue weighted by Crippen LogP contribution is -2.13. The summed E-state index contributed by atoms with van der Waals surface area (Å²) in [7, 11) is 0. The summed E-state index contributed by atoms with van der Waals surface area (Å²) in [6.45, 7) is 7.56. The van der Waals surface area contributed by atoms with Crippen LogP contribution in [0.25, 0.3) is 6.08 Å². The molecule has 2 rings (SSSR count). The molecule has 6 heteroatoms. The molecule has 0 radical (unpaired) electrons. The Bertz CT molecular complexity index is 898. The minimum Gasteiger partial charge on any atom is -0.494 e. The van der Waals surface area contributed by atoms with Crippen LogP contribution < -0.4 is 19.5 Å². The maximum absolute atomic E-state index is 12.5. The van der Waals surface area contributed by atoms with Crippen molar-refractivity contribution in [1.29, 1.82) is 5.26 Å². The number of nitriles is 1. The zero-order chi connectivity index (χ0) is 21.8. The Hall–Kier alpha value is -3.46. The van der Waals surface area contributed by atoms with Crippen LogP contribution in [-0.4, -0.2) is 25.7 Å². The average Bonchev–Trinajstić information content (AvgIpc) is 2.75. The first-order valence-electron chi connectivity index (χ1n) is 10.2. The quantitative estimate of drug-likeness (QED) is 0.314. The van der Waals surface area contributed by atoms with Gasteiger partial charge in [-0.2, -0.15) is 5.26 Å². The predicted octanol–water partition coefficient (Wildman–Crippen LogP) is 5.21. The first-order valence-corrected chi connectivity index (χ1v) is 10.2. The van der Waals surface area contributed by atoms with Gasteiger partial charge in [-0.1, -0.05) is 19.4 Å². The molecule has 0 fully saturated rings. The smallest absolute Gasteiger partial charge is 0.266 e. The molecule has 30 heavy (non-hydrogen) atoms. The van der Waals surface area contributed by atoms with Crippen LogP contribution in [0.2, 0.25) is 0 Å². The zero-order valence-electron chi connectivity index (χ0n) is 17.7. The summed E-state index contributed by atoms with van der Waals surface area (Å²) in [5, 5.41) is 12.2. The van der Waals surface area contributed by atoms with Crippen molar-refractivity contribution >= 4 is 17.7 Å². The molecule has 2 aromatic carbocycles. The van der Waals surface area contributed by atoms with E-state index in [0.29, 0.717) is 42.6 Å². The molecule has 0 bridgehead atoms. The van der Waals surface area contributed by atoms with E-state index in [-0.39, 0.29) is 5.57 Å². The van der Waals surface area contributed by atoms with Crippen molar-refractivity contribution < 1.29 is 19.0 Å². The van der Waals surface area contributed by atoms with Crippen LogP contribution in [0.5, 0.6) is 17.2 Å². The third-order valence-corrected chi connectivity index (χ3v) is 4.12. The minimum absolute atomic E-state index is 0.00835. The zero-order valence-corrected chi connectivity index (χ0v) is 17.7. The Morgan fingerprint density at radius 3 is 2.37 bits per heavy atom. The molecule has 6 nitrogen and oxygen atoms in total. The van der Waals surface area contributed by atoms with E-state index in [1.54, 1.807) is 42.5 Å². The number of rotatable bonds is 11. The number of unbranched alkanes of at least 4 members (excludes halogenated alkanes) is 1. The van der Waals surface area contributed by atoms with Gasteiger partial charge in [-0.25, -0.2) is 0 Å². The van der Waals surface area contributed by atoms with Crippen molar-refractivity contribution in [2.45, 2.75) is 33.6 Å². The van der Waals surface area contributed by atoms with E-state index in [9.17, 15) is 10.1 Å². The summed E-state index contributed by atoms with van der Waals surface area (Å²) in [4.78, 5) is 12.5. The number of nitrogens with zero attached hydrogens (tertiary/aromatic N) is 1. The third kappa shape index (κ3) is 6.85. The summed E-state index contributed by atoms with van der Waals surface area (Å²) in [5.74, 6) is 1.48. The lowest BCUT2D eigenvalue weighted by molar-refractivity contribution is -0.112. The molecule has 0 aliphatic carbocycles. The van der Waals surface area contributed by atoms with Gasteiger partial charge >= 0.3 is 0 Å². The number of hydrogen-bond acceptors (Lipinski definition) is 5. The van der Waals surface area contributed by atoms with Crippen molar-refractivity contribution in [1.82, 2.24) is 0 Å². The van der Waals surface area contributed by atoms with Gasteiger partial charge in [-0.15, -0.1) is 0 Å². The highest BCUT2D eigenvalue weighted by Crippen LogP contribution is 2.29. The van der Waals surface area contributed by atoms with Gasteiger partial charge < -0.3 is 19.5 Å². The van der Waals surface area contributed by atoms with Gasteiger partial charge in [-0.3, -0.25) is 4.79 Å². The highest BCUT2D eigenvalue weighted by atomic mass is 16.5. The van der Waals surface area contributed by atoms with Gasteiger partial charge in [0.2, 0.25) is 0 Å². The first-order chi connectivity index (χ1) is 14.6. The highest BCUT2D eigenvalue weighted by molar-refractivity contribution is 6.09. The van der Waals surface area contributed by atoms with Gasteiger partial charge in [0, 0.05) is 5.69 Å². The van der Waals surface area contributed by atoms with Crippen LogP contribution in [0.1, 0.15) is 39.2 Å². The van der Waals surface area contributed by atoms with Gasteiger partial charge in [-0.05, 0) is 68.3 Å². The monoisotopic (exact) mass is 408 g/mol. The maximum atomic E-state index is 12.5. The minimum atomic E-state index is -0.483. The lowest BCUT2D eigenvalue weighted by atomic mass is 10.1. The van der Waals surface area contributed by atoms with Crippen molar-refractivity contribution in [3.63, 3.8) is 0 Å². The van der Waals surface area contributed by atoms with Crippen LogP contribution in [0, 0.1) is 11.3 Å². The number of anilines is 1. The SMILES string of the molecule is CCCCOc1ccc(/C=C(\C#N)C(=O)Nc2ccc(OCC)cc2)cc1OCC. The molecule has 158 valence electrons. The van der Waals surface area contributed by atoms with Crippen LogP contribution in [-0.2, 0) is 4.79 Å². The summed E-state index contributed by atoms with van der Waals surface area (Å²) in [6, 6.07) is 14.3. The van der Waals surface area contributed by atoms with Crippen LogP contribution >= 0.6 is 0 Å². The second kappa shape index (κ2) is 12.2.